The number of hydrogen-bond acceptors (Lipinski definition) is 4. The van der Waals surface area contributed by atoms with Crippen LogP contribution in [0.4, 0.5) is 4.79 Å². The molecule has 7 nitrogen and oxygen atoms in total. The standard InChI is InChI=1S/C16H22N2O5/c1-10(2)13(14(19)17-11(3)15(20)21)18-16(22)23-9-12-7-5-4-6-8-12/h4-8,10-11,13H,9H2,1-3H3,(H,17,19)(H,18,22)(H,20,21)/t11-,13-/m1/s1. The van der Waals surface area contributed by atoms with Gasteiger partial charge in [0.1, 0.15) is 18.7 Å². The number of alkyl carbamates (subject to hydrolysis) is 1. The van der Waals surface area contributed by atoms with Crippen molar-refractivity contribution in [2.24, 2.45) is 5.92 Å². The summed E-state index contributed by atoms with van der Waals surface area (Å²) in [6.07, 6.45) is -0.731. The lowest BCUT2D eigenvalue weighted by molar-refractivity contribution is -0.141. The highest BCUT2D eigenvalue weighted by Crippen LogP contribution is 2.05. The lowest BCUT2D eigenvalue weighted by atomic mass is 10.0. The monoisotopic (exact) mass is 322 g/mol. The number of carboxylic acid groups (broad SMARTS) is 1. The molecule has 0 saturated heterocycles. The van der Waals surface area contributed by atoms with Crippen molar-refractivity contribution >= 4 is 18.0 Å². The summed E-state index contributed by atoms with van der Waals surface area (Å²) in [4.78, 5) is 34.7. The van der Waals surface area contributed by atoms with Gasteiger partial charge in [0.2, 0.25) is 5.91 Å². The average Bonchev–Trinajstić information content (AvgIpc) is 2.51. The van der Waals surface area contributed by atoms with E-state index in [9.17, 15) is 14.4 Å². The zero-order valence-electron chi connectivity index (χ0n) is 13.4. The molecule has 7 heteroatoms. The van der Waals surface area contributed by atoms with Crippen LogP contribution < -0.4 is 10.6 Å². The molecule has 126 valence electrons. The van der Waals surface area contributed by atoms with Crippen molar-refractivity contribution in [2.75, 3.05) is 0 Å². The smallest absolute Gasteiger partial charge is 0.408 e. The number of carbonyl (C=O) groups is 3. The summed E-state index contributed by atoms with van der Waals surface area (Å²) in [6.45, 7) is 4.93. The van der Waals surface area contributed by atoms with Crippen LogP contribution in [0.15, 0.2) is 30.3 Å². The molecule has 0 unspecified atom stereocenters. The van der Waals surface area contributed by atoms with Gasteiger partial charge in [0.15, 0.2) is 0 Å². The Morgan fingerprint density at radius 3 is 2.22 bits per heavy atom. The molecule has 1 rings (SSSR count). The Bertz CT molecular complexity index is 545. The van der Waals surface area contributed by atoms with E-state index in [0.29, 0.717) is 0 Å². The third kappa shape index (κ3) is 6.37. The van der Waals surface area contributed by atoms with E-state index < -0.39 is 30.1 Å². The number of nitrogens with one attached hydrogen (secondary N) is 2. The van der Waals surface area contributed by atoms with E-state index in [1.165, 1.54) is 6.92 Å². The van der Waals surface area contributed by atoms with E-state index in [1.54, 1.807) is 13.8 Å². The van der Waals surface area contributed by atoms with E-state index in [4.69, 9.17) is 9.84 Å². The van der Waals surface area contributed by atoms with Gasteiger partial charge < -0.3 is 20.5 Å². The molecule has 0 fully saturated rings. The second-order valence-corrected chi connectivity index (χ2v) is 5.50. The van der Waals surface area contributed by atoms with Crippen molar-refractivity contribution in [3.05, 3.63) is 35.9 Å². The van der Waals surface area contributed by atoms with Crippen LogP contribution in [0.25, 0.3) is 0 Å². The van der Waals surface area contributed by atoms with E-state index in [2.05, 4.69) is 10.6 Å². The summed E-state index contributed by atoms with van der Waals surface area (Å²) in [7, 11) is 0. The number of carboxylic acids is 1. The van der Waals surface area contributed by atoms with Gasteiger partial charge in [-0.05, 0) is 18.4 Å². The van der Waals surface area contributed by atoms with Gasteiger partial charge in [0, 0.05) is 0 Å². The first kappa shape index (κ1) is 18.5. The van der Waals surface area contributed by atoms with Gasteiger partial charge >= 0.3 is 12.1 Å². The van der Waals surface area contributed by atoms with Gasteiger partial charge in [-0.25, -0.2) is 4.79 Å². The van der Waals surface area contributed by atoms with Crippen molar-refractivity contribution in [1.82, 2.24) is 10.6 Å². The molecule has 0 heterocycles. The van der Waals surface area contributed by atoms with Gasteiger partial charge in [-0.1, -0.05) is 44.2 Å². The molecule has 0 aliphatic heterocycles. The SMILES string of the molecule is CC(C)[C@@H](NC(=O)OCc1ccccc1)C(=O)N[C@H](C)C(=O)O. The zero-order chi connectivity index (χ0) is 17.4. The van der Waals surface area contributed by atoms with Gasteiger partial charge in [-0.3, -0.25) is 9.59 Å². The van der Waals surface area contributed by atoms with Crippen molar-refractivity contribution in [3.8, 4) is 0 Å². The fraction of sp³-hybridized carbons (Fsp3) is 0.438. The fourth-order valence-electron chi connectivity index (χ4n) is 1.79. The molecule has 0 bridgehead atoms. The topological polar surface area (TPSA) is 105 Å². The number of carbonyl (C=O) groups excluding carboxylic acids is 2. The Balaban J connectivity index is 2.56. The van der Waals surface area contributed by atoms with Crippen LogP contribution in [0.1, 0.15) is 26.3 Å². The Hall–Kier alpha value is -2.57. The number of ether oxygens (including phenoxy) is 1. The molecule has 0 spiro atoms. The third-order valence-corrected chi connectivity index (χ3v) is 3.16. The van der Waals surface area contributed by atoms with Crippen molar-refractivity contribution < 1.29 is 24.2 Å². The summed E-state index contributed by atoms with van der Waals surface area (Å²) < 4.78 is 5.06. The summed E-state index contributed by atoms with van der Waals surface area (Å²) >= 11 is 0. The molecule has 0 aliphatic carbocycles. The van der Waals surface area contributed by atoms with Crippen LogP contribution >= 0.6 is 0 Å². The molecule has 23 heavy (non-hydrogen) atoms. The summed E-state index contributed by atoms with van der Waals surface area (Å²) in [5, 5.41) is 13.6. The van der Waals surface area contributed by atoms with Crippen LogP contribution in [0.5, 0.6) is 0 Å². The van der Waals surface area contributed by atoms with Crippen LogP contribution in [0, 0.1) is 5.92 Å². The molecule has 1 aromatic rings. The normalized spacial score (nSPS) is 13.0. The lowest BCUT2D eigenvalue weighted by Crippen LogP contribution is -2.53. The Kier molecular flexibility index (Phi) is 7.05. The highest BCUT2D eigenvalue weighted by Gasteiger charge is 2.27. The molecule has 3 N–H and O–H groups in total. The molecule has 2 atom stereocenters. The molecule has 0 aliphatic rings. The van der Waals surface area contributed by atoms with E-state index in [-0.39, 0.29) is 12.5 Å². The maximum Gasteiger partial charge on any atom is 0.408 e. The van der Waals surface area contributed by atoms with Gasteiger partial charge in [-0.2, -0.15) is 0 Å². The Morgan fingerprint density at radius 1 is 1.09 bits per heavy atom. The minimum atomic E-state index is -1.15. The second kappa shape index (κ2) is 8.77. The number of amides is 2. The van der Waals surface area contributed by atoms with Crippen molar-refractivity contribution in [3.63, 3.8) is 0 Å². The maximum atomic E-state index is 12.1. The van der Waals surface area contributed by atoms with Crippen LogP contribution in [-0.4, -0.2) is 35.2 Å². The van der Waals surface area contributed by atoms with Gasteiger partial charge in [-0.15, -0.1) is 0 Å². The number of rotatable bonds is 7. The predicted molar refractivity (Wildman–Crippen MR) is 83.6 cm³/mol. The molecule has 0 saturated carbocycles. The van der Waals surface area contributed by atoms with E-state index in [0.717, 1.165) is 5.56 Å². The zero-order valence-corrected chi connectivity index (χ0v) is 13.4. The molecule has 0 radical (unpaired) electrons. The minimum Gasteiger partial charge on any atom is -0.480 e. The first-order valence-corrected chi connectivity index (χ1v) is 7.31. The maximum absolute atomic E-state index is 12.1. The third-order valence-electron chi connectivity index (χ3n) is 3.16. The average molecular weight is 322 g/mol. The predicted octanol–water partition coefficient (Wildman–Crippen LogP) is 1.53. The highest BCUT2D eigenvalue weighted by atomic mass is 16.5. The first-order valence-electron chi connectivity index (χ1n) is 7.31. The van der Waals surface area contributed by atoms with Crippen molar-refractivity contribution in [1.29, 1.82) is 0 Å². The molecule has 0 aromatic heterocycles. The van der Waals surface area contributed by atoms with E-state index in [1.807, 2.05) is 30.3 Å². The van der Waals surface area contributed by atoms with Gasteiger partial charge in [0.05, 0.1) is 0 Å². The molecule has 2 amide bonds. The summed E-state index contributed by atoms with van der Waals surface area (Å²) in [6, 6.07) is 7.23. The van der Waals surface area contributed by atoms with Crippen LogP contribution in [0.3, 0.4) is 0 Å². The quantitative estimate of drug-likeness (QED) is 0.706. The van der Waals surface area contributed by atoms with Crippen LogP contribution in [0.2, 0.25) is 0 Å². The van der Waals surface area contributed by atoms with Crippen LogP contribution in [-0.2, 0) is 20.9 Å². The van der Waals surface area contributed by atoms with Crippen molar-refractivity contribution in [2.45, 2.75) is 39.5 Å². The molecule has 1 aromatic carbocycles. The largest absolute Gasteiger partial charge is 0.480 e. The first-order chi connectivity index (χ1) is 10.8. The Morgan fingerprint density at radius 2 is 1.70 bits per heavy atom. The fourth-order valence-corrected chi connectivity index (χ4v) is 1.79. The summed E-state index contributed by atoms with van der Waals surface area (Å²) in [5.41, 5.74) is 0.827. The number of benzene rings is 1. The number of hydrogen-bond donors (Lipinski definition) is 3. The highest BCUT2D eigenvalue weighted by molar-refractivity contribution is 5.89. The van der Waals surface area contributed by atoms with Gasteiger partial charge in [0.25, 0.3) is 0 Å². The molecular formula is C16H22N2O5. The number of aliphatic carboxylic acids is 1. The Labute approximate surface area is 135 Å². The minimum absolute atomic E-state index is 0.0879. The van der Waals surface area contributed by atoms with E-state index >= 15 is 0 Å². The lowest BCUT2D eigenvalue weighted by Gasteiger charge is -2.22. The summed E-state index contributed by atoms with van der Waals surface area (Å²) in [5.74, 6) is -1.93. The second-order valence-electron chi connectivity index (χ2n) is 5.50. The molecular weight excluding hydrogens is 300 g/mol.